The molecule has 0 saturated heterocycles. The lowest BCUT2D eigenvalue weighted by molar-refractivity contribution is -0.116. The Bertz CT molecular complexity index is 1240. The molecule has 4 rings (SSSR count). The van der Waals surface area contributed by atoms with Crippen LogP contribution in [-0.2, 0) is 4.79 Å². The predicted octanol–water partition coefficient (Wildman–Crippen LogP) is 5.72. The molecule has 0 aliphatic heterocycles. The van der Waals surface area contributed by atoms with Gasteiger partial charge in [0, 0.05) is 17.1 Å². The van der Waals surface area contributed by atoms with Gasteiger partial charge >= 0.3 is 0 Å². The number of aryl methyl sites for hydroxylation is 3. The lowest BCUT2D eigenvalue weighted by atomic mass is 10.2. The Morgan fingerprint density at radius 3 is 1.69 bits per heavy atom. The fraction of sp³-hybridized carbons (Fsp3) is 0.185. The Balaban J connectivity index is 1.55. The smallest absolute Gasteiger partial charge is 0.246 e. The van der Waals surface area contributed by atoms with E-state index in [0.717, 1.165) is 33.8 Å². The highest BCUT2D eigenvalue weighted by atomic mass is 16.2. The maximum atomic E-state index is 12.8. The monoisotopic (exact) mass is 467 g/mol. The maximum Gasteiger partial charge on any atom is 0.246 e. The van der Waals surface area contributed by atoms with Gasteiger partial charge in [-0.2, -0.15) is 15.0 Å². The highest BCUT2D eigenvalue weighted by molar-refractivity contribution is 5.96. The Morgan fingerprint density at radius 2 is 1.17 bits per heavy atom. The first-order valence-corrected chi connectivity index (χ1v) is 11.4. The largest absolute Gasteiger partial charge is 0.342 e. The van der Waals surface area contributed by atoms with Crippen LogP contribution in [0.4, 0.5) is 34.9 Å². The Kier molecular flexibility index (Phi) is 7.21. The van der Waals surface area contributed by atoms with Gasteiger partial charge in [-0.3, -0.25) is 4.79 Å². The van der Waals surface area contributed by atoms with Crippen LogP contribution in [0.1, 0.15) is 23.6 Å². The molecule has 0 aliphatic carbocycles. The van der Waals surface area contributed by atoms with Crippen molar-refractivity contribution in [2.75, 3.05) is 21.3 Å². The molecule has 0 fully saturated rings. The van der Waals surface area contributed by atoms with Crippen LogP contribution in [0.3, 0.4) is 0 Å². The standard InChI is InChI=1S/C27H29N7O/c1-17-8-12-21(13-9-17)30-26-32-25(33-27(34-26)31-22-14-10-18(2)11-15-22)28-20(4)24(35)29-23-7-5-6-19(3)16-23/h5-16,20H,1-4H3,(H,29,35)(H3,28,30,31,32,33,34)/t20-/m1/s1. The van der Waals surface area contributed by atoms with Crippen LogP contribution in [0, 0.1) is 20.8 Å². The first kappa shape index (κ1) is 23.7. The first-order chi connectivity index (χ1) is 16.8. The summed E-state index contributed by atoms with van der Waals surface area (Å²) in [5.74, 6) is 0.785. The summed E-state index contributed by atoms with van der Waals surface area (Å²) in [7, 11) is 0. The molecule has 0 aliphatic rings. The van der Waals surface area contributed by atoms with Crippen LogP contribution in [0.25, 0.3) is 0 Å². The van der Waals surface area contributed by atoms with Gasteiger partial charge in [-0.1, -0.05) is 47.5 Å². The van der Waals surface area contributed by atoms with Gasteiger partial charge in [-0.05, 0) is 69.7 Å². The van der Waals surface area contributed by atoms with Crippen LogP contribution >= 0.6 is 0 Å². The third-order valence-corrected chi connectivity index (χ3v) is 5.28. The Morgan fingerprint density at radius 1 is 0.657 bits per heavy atom. The lowest BCUT2D eigenvalue weighted by Crippen LogP contribution is -2.32. The van der Waals surface area contributed by atoms with Gasteiger partial charge in [0.25, 0.3) is 0 Å². The van der Waals surface area contributed by atoms with Crippen LogP contribution in [0.5, 0.6) is 0 Å². The number of carbonyl (C=O) groups excluding carboxylic acids is 1. The van der Waals surface area contributed by atoms with Crippen LogP contribution in [0.2, 0.25) is 0 Å². The van der Waals surface area contributed by atoms with Gasteiger partial charge in [0.15, 0.2) is 0 Å². The number of nitrogens with one attached hydrogen (secondary N) is 4. The van der Waals surface area contributed by atoms with Gasteiger partial charge < -0.3 is 21.3 Å². The van der Waals surface area contributed by atoms with Crippen molar-refractivity contribution in [3.05, 3.63) is 89.5 Å². The number of amides is 1. The number of nitrogens with zero attached hydrogens (tertiary/aromatic N) is 3. The minimum absolute atomic E-state index is 0.197. The molecule has 0 saturated carbocycles. The molecule has 35 heavy (non-hydrogen) atoms. The summed E-state index contributed by atoms with van der Waals surface area (Å²) in [6.07, 6.45) is 0. The summed E-state index contributed by atoms with van der Waals surface area (Å²) < 4.78 is 0. The van der Waals surface area contributed by atoms with Crippen molar-refractivity contribution in [3.63, 3.8) is 0 Å². The molecule has 0 bridgehead atoms. The molecule has 1 amide bonds. The fourth-order valence-corrected chi connectivity index (χ4v) is 3.32. The van der Waals surface area contributed by atoms with Gasteiger partial charge in [-0.15, -0.1) is 0 Å². The van der Waals surface area contributed by atoms with Crippen molar-refractivity contribution in [1.82, 2.24) is 15.0 Å². The van der Waals surface area contributed by atoms with E-state index >= 15 is 0 Å². The van der Waals surface area contributed by atoms with Crippen molar-refractivity contribution in [2.45, 2.75) is 33.7 Å². The number of rotatable bonds is 8. The second kappa shape index (κ2) is 10.6. The molecule has 4 aromatic rings. The van der Waals surface area contributed by atoms with Crippen molar-refractivity contribution >= 4 is 40.8 Å². The summed E-state index contributed by atoms with van der Waals surface area (Å²) in [6, 6.07) is 22.9. The molecule has 0 unspecified atom stereocenters. The molecule has 0 radical (unpaired) electrons. The normalized spacial score (nSPS) is 11.4. The SMILES string of the molecule is Cc1ccc(Nc2nc(Nc3ccc(C)cc3)nc(N[C@H](C)C(=O)Nc3cccc(C)c3)n2)cc1. The average molecular weight is 468 g/mol. The van der Waals surface area contributed by atoms with Crippen molar-refractivity contribution < 1.29 is 4.79 Å². The number of benzene rings is 3. The van der Waals surface area contributed by atoms with Gasteiger partial charge in [0.05, 0.1) is 0 Å². The first-order valence-electron chi connectivity index (χ1n) is 11.4. The summed E-state index contributed by atoms with van der Waals surface area (Å²) >= 11 is 0. The fourth-order valence-electron chi connectivity index (χ4n) is 3.32. The Hall–Kier alpha value is -4.46. The molecule has 0 spiro atoms. The molecule has 8 nitrogen and oxygen atoms in total. The molecule has 178 valence electrons. The molecule has 1 atom stereocenters. The van der Waals surface area contributed by atoms with E-state index in [4.69, 9.17) is 0 Å². The van der Waals surface area contributed by atoms with E-state index in [2.05, 4.69) is 36.2 Å². The number of hydrogen-bond acceptors (Lipinski definition) is 7. The zero-order chi connectivity index (χ0) is 24.8. The number of aromatic nitrogens is 3. The lowest BCUT2D eigenvalue weighted by Gasteiger charge is -2.16. The molecule has 3 aromatic carbocycles. The highest BCUT2D eigenvalue weighted by Gasteiger charge is 2.16. The minimum atomic E-state index is -0.586. The van der Waals surface area contributed by atoms with Gasteiger partial charge in [0.1, 0.15) is 6.04 Å². The van der Waals surface area contributed by atoms with E-state index in [0.29, 0.717) is 11.9 Å². The second-order valence-corrected chi connectivity index (χ2v) is 8.51. The Labute approximate surface area is 205 Å². The molecule has 8 heteroatoms. The quantitative estimate of drug-likeness (QED) is 0.263. The van der Waals surface area contributed by atoms with E-state index in [9.17, 15) is 4.79 Å². The van der Waals surface area contributed by atoms with E-state index in [1.807, 2.05) is 93.6 Å². The molecule has 1 heterocycles. The van der Waals surface area contributed by atoms with Crippen LogP contribution in [-0.4, -0.2) is 26.9 Å². The number of anilines is 6. The molecule has 4 N–H and O–H groups in total. The van der Waals surface area contributed by atoms with Crippen molar-refractivity contribution in [2.24, 2.45) is 0 Å². The van der Waals surface area contributed by atoms with E-state index in [-0.39, 0.29) is 11.9 Å². The average Bonchev–Trinajstić information content (AvgIpc) is 2.82. The topological polar surface area (TPSA) is 104 Å². The molecule has 1 aromatic heterocycles. The third kappa shape index (κ3) is 6.77. The van der Waals surface area contributed by atoms with Gasteiger partial charge in [-0.25, -0.2) is 0 Å². The van der Waals surface area contributed by atoms with Crippen molar-refractivity contribution in [1.29, 1.82) is 0 Å². The summed E-state index contributed by atoms with van der Waals surface area (Å²) in [4.78, 5) is 26.3. The van der Waals surface area contributed by atoms with E-state index in [1.165, 1.54) is 0 Å². The van der Waals surface area contributed by atoms with Crippen LogP contribution in [0.15, 0.2) is 72.8 Å². The molecular weight excluding hydrogens is 438 g/mol. The maximum absolute atomic E-state index is 12.8. The van der Waals surface area contributed by atoms with E-state index in [1.54, 1.807) is 6.92 Å². The zero-order valence-electron chi connectivity index (χ0n) is 20.3. The number of carbonyl (C=O) groups is 1. The zero-order valence-corrected chi connectivity index (χ0v) is 20.3. The van der Waals surface area contributed by atoms with E-state index < -0.39 is 6.04 Å². The highest BCUT2D eigenvalue weighted by Crippen LogP contribution is 2.20. The van der Waals surface area contributed by atoms with Crippen molar-refractivity contribution in [3.8, 4) is 0 Å². The minimum Gasteiger partial charge on any atom is -0.342 e. The summed E-state index contributed by atoms with van der Waals surface area (Å²) in [5, 5.41) is 12.4. The molecular formula is C27H29N7O. The van der Waals surface area contributed by atoms with Crippen LogP contribution < -0.4 is 21.3 Å². The van der Waals surface area contributed by atoms with Gasteiger partial charge in [0.2, 0.25) is 23.8 Å². The third-order valence-electron chi connectivity index (χ3n) is 5.28. The summed E-state index contributed by atoms with van der Waals surface area (Å²) in [6.45, 7) is 7.80. The predicted molar refractivity (Wildman–Crippen MR) is 142 cm³/mol. The summed E-state index contributed by atoms with van der Waals surface area (Å²) in [5.41, 5.74) is 5.81. The number of hydrogen-bond donors (Lipinski definition) is 4. The second-order valence-electron chi connectivity index (χ2n) is 8.51.